The average Bonchev–Trinajstić information content (AvgIpc) is 2.25. The maximum Gasteiger partial charge on any atom is 0.220 e. The molecule has 1 unspecified atom stereocenters. The smallest absolute Gasteiger partial charge is 0.220 e. The van der Waals surface area contributed by atoms with Gasteiger partial charge in [0.05, 0.1) is 5.75 Å². The number of piperidine rings is 1. The third kappa shape index (κ3) is 7.30. The van der Waals surface area contributed by atoms with E-state index in [0.717, 1.165) is 25.9 Å². The number of carbonyl (C=O) groups is 1. The molecule has 0 aromatic rings. The Labute approximate surface area is 102 Å². The van der Waals surface area contributed by atoms with Gasteiger partial charge in [-0.2, -0.15) is 0 Å². The van der Waals surface area contributed by atoms with Crippen molar-refractivity contribution in [2.75, 3.05) is 25.4 Å². The lowest BCUT2D eigenvalue weighted by Gasteiger charge is -2.22. The molecular formula is C10H21N3O3S. The molecule has 6 nitrogen and oxygen atoms in total. The maximum absolute atomic E-state index is 11.5. The van der Waals surface area contributed by atoms with E-state index in [1.165, 1.54) is 0 Å². The van der Waals surface area contributed by atoms with E-state index in [2.05, 4.69) is 10.6 Å². The van der Waals surface area contributed by atoms with Gasteiger partial charge in [0.15, 0.2) is 0 Å². The topological polar surface area (TPSA) is 101 Å². The fraction of sp³-hybridized carbons (Fsp3) is 0.900. The van der Waals surface area contributed by atoms with Gasteiger partial charge in [-0.1, -0.05) is 0 Å². The second kappa shape index (κ2) is 6.93. The Morgan fingerprint density at radius 3 is 2.82 bits per heavy atom. The number of sulfonamides is 1. The summed E-state index contributed by atoms with van der Waals surface area (Å²) in [5, 5.41) is 10.8. The third-order valence-electron chi connectivity index (χ3n) is 2.80. The van der Waals surface area contributed by atoms with Crippen LogP contribution >= 0.6 is 0 Å². The maximum atomic E-state index is 11.5. The number of amides is 1. The minimum atomic E-state index is -3.41. The summed E-state index contributed by atoms with van der Waals surface area (Å²) in [6, 6.07) is 0. The monoisotopic (exact) mass is 263 g/mol. The number of nitrogens with two attached hydrogens (primary N) is 1. The van der Waals surface area contributed by atoms with E-state index in [1.807, 2.05) is 0 Å². The molecule has 17 heavy (non-hydrogen) atoms. The lowest BCUT2D eigenvalue weighted by molar-refractivity contribution is -0.122. The summed E-state index contributed by atoms with van der Waals surface area (Å²) in [7, 11) is -3.41. The molecule has 4 N–H and O–H groups in total. The van der Waals surface area contributed by atoms with Crippen molar-refractivity contribution in [3.63, 3.8) is 0 Å². The van der Waals surface area contributed by atoms with Crippen LogP contribution in [0.5, 0.6) is 0 Å². The van der Waals surface area contributed by atoms with Crippen molar-refractivity contribution >= 4 is 15.9 Å². The zero-order valence-corrected chi connectivity index (χ0v) is 10.8. The van der Waals surface area contributed by atoms with Gasteiger partial charge in [0.25, 0.3) is 0 Å². The zero-order valence-electron chi connectivity index (χ0n) is 9.94. The molecule has 1 aliphatic heterocycles. The molecule has 0 aromatic carbocycles. The summed E-state index contributed by atoms with van der Waals surface area (Å²) < 4.78 is 21.3. The van der Waals surface area contributed by atoms with Crippen LogP contribution in [-0.4, -0.2) is 39.7 Å². The van der Waals surface area contributed by atoms with Gasteiger partial charge in [-0.3, -0.25) is 4.79 Å². The van der Waals surface area contributed by atoms with Crippen molar-refractivity contribution in [3.05, 3.63) is 0 Å². The van der Waals surface area contributed by atoms with Crippen molar-refractivity contribution in [3.8, 4) is 0 Å². The molecule has 1 atom stereocenters. The van der Waals surface area contributed by atoms with Crippen LogP contribution in [0, 0.1) is 5.92 Å². The van der Waals surface area contributed by atoms with Crippen LogP contribution in [0.25, 0.3) is 0 Å². The Kier molecular flexibility index (Phi) is 5.87. The van der Waals surface area contributed by atoms with Crippen LogP contribution in [-0.2, 0) is 14.8 Å². The number of rotatable bonds is 6. The molecule has 100 valence electrons. The van der Waals surface area contributed by atoms with E-state index in [9.17, 15) is 13.2 Å². The first-order valence-corrected chi connectivity index (χ1v) is 7.67. The first kappa shape index (κ1) is 14.4. The van der Waals surface area contributed by atoms with Crippen LogP contribution in [0.2, 0.25) is 0 Å². The van der Waals surface area contributed by atoms with E-state index >= 15 is 0 Å². The number of nitrogens with one attached hydrogen (secondary N) is 2. The Hall–Kier alpha value is -0.660. The molecule has 0 aromatic heterocycles. The van der Waals surface area contributed by atoms with Gasteiger partial charge in [-0.15, -0.1) is 0 Å². The van der Waals surface area contributed by atoms with Gasteiger partial charge in [0, 0.05) is 13.0 Å². The fourth-order valence-corrected chi connectivity index (χ4v) is 2.48. The highest BCUT2D eigenvalue weighted by Crippen LogP contribution is 2.13. The number of hydrogen-bond acceptors (Lipinski definition) is 4. The van der Waals surface area contributed by atoms with Crippen molar-refractivity contribution in [2.45, 2.75) is 25.7 Å². The second-order valence-electron chi connectivity index (χ2n) is 4.49. The van der Waals surface area contributed by atoms with E-state index in [4.69, 9.17) is 5.14 Å². The predicted molar refractivity (Wildman–Crippen MR) is 65.8 cm³/mol. The third-order valence-corrected chi connectivity index (χ3v) is 3.66. The molecule has 0 bridgehead atoms. The first-order chi connectivity index (χ1) is 7.97. The SMILES string of the molecule is NS(=O)(=O)CCCNC(=O)CC1CCCNC1. The molecule has 1 saturated heterocycles. The summed E-state index contributed by atoms with van der Waals surface area (Å²) in [5.41, 5.74) is 0. The molecular weight excluding hydrogens is 242 g/mol. The van der Waals surface area contributed by atoms with Gasteiger partial charge in [-0.05, 0) is 38.3 Å². The van der Waals surface area contributed by atoms with Gasteiger partial charge in [-0.25, -0.2) is 13.6 Å². The molecule has 1 amide bonds. The molecule has 1 fully saturated rings. The van der Waals surface area contributed by atoms with Crippen LogP contribution in [0.4, 0.5) is 0 Å². The lowest BCUT2D eigenvalue weighted by Crippen LogP contribution is -2.34. The highest BCUT2D eigenvalue weighted by atomic mass is 32.2. The van der Waals surface area contributed by atoms with Gasteiger partial charge in [0.1, 0.15) is 0 Å². The molecule has 7 heteroatoms. The predicted octanol–water partition coefficient (Wildman–Crippen LogP) is -0.829. The molecule has 0 radical (unpaired) electrons. The Morgan fingerprint density at radius 2 is 2.24 bits per heavy atom. The summed E-state index contributed by atoms with van der Waals surface area (Å²) in [4.78, 5) is 11.5. The fourth-order valence-electron chi connectivity index (χ4n) is 1.93. The first-order valence-electron chi connectivity index (χ1n) is 5.95. The van der Waals surface area contributed by atoms with Crippen LogP contribution in [0.3, 0.4) is 0 Å². The highest BCUT2D eigenvalue weighted by molar-refractivity contribution is 7.89. The van der Waals surface area contributed by atoms with Crippen LogP contribution < -0.4 is 15.8 Å². The molecule has 1 rings (SSSR count). The van der Waals surface area contributed by atoms with Gasteiger partial charge >= 0.3 is 0 Å². The standard InChI is InChI=1S/C10H21N3O3S/c11-17(15,16)6-2-5-13-10(14)7-9-3-1-4-12-8-9/h9,12H,1-8H2,(H,13,14)(H2,11,15,16). The second-order valence-corrected chi connectivity index (χ2v) is 6.22. The van der Waals surface area contributed by atoms with E-state index < -0.39 is 10.0 Å². The quantitative estimate of drug-likeness (QED) is 0.544. The van der Waals surface area contributed by atoms with E-state index in [-0.39, 0.29) is 11.7 Å². The normalized spacial score (nSPS) is 21.1. The number of primary sulfonamides is 1. The number of hydrogen-bond donors (Lipinski definition) is 3. The Balaban J connectivity index is 2.08. The lowest BCUT2D eigenvalue weighted by atomic mass is 9.96. The van der Waals surface area contributed by atoms with E-state index in [1.54, 1.807) is 0 Å². The summed E-state index contributed by atoms with van der Waals surface area (Å²) in [6.07, 6.45) is 3.08. The number of carbonyl (C=O) groups excluding carboxylic acids is 1. The summed E-state index contributed by atoms with van der Waals surface area (Å²) in [6.45, 7) is 2.30. The van der Waals surface area contributed by atoms with Crippen molar-refractivity contribution < 1.29 is 13.2 Å². The minimum absolute atomic E-state index is 0.00637. The van der Waals surface area contributed by atoms with Crippen molar-refractivity contribution in [1.29, 1.82) is 0 Å². The molecule has 1 aliphatic rings. The Bertz CT molecular complexity index is 337. The average molecular weight is 263 g/mol. The largest absolute Gasteiger partial charge is 0.356 e. The summed E-state index contributed by atoms with van der Waals surface area (Å²) in [5.74, 6) is 0.313. The minimum Gasteiger partial charge on any atom is -0.356 e. The molecule has 0 aliphatic carbocycles. The van der Waals surface area contributed by atoms with Gasteiger partial charge < -0.3 is 10.6 Å². The Morgan fingerprint density at radius 1 is 1.47 bits per heavy atom. The van der Waals surface area contributed by atoms with E-state index in [0.29, 0.717) is 25.3 Å². The summed E-state index contributed by atoms with van der Waals surface area (Å²) >= 11 is 0. The zero-order chi connectivity index (χ0) is 12.7. The van der Waals surface area contributed by atoms with Crippen LogP contribution in [0.1, 0.15) is 25.7 Å². The van der Waals surface area contributed by atoms with Crippen LogP contribution in [0.15, 0.2) is 0 Å². The molecule has 1 heterocycles. The van der Waals surface area contributed by atoms with Crippen molar-refractivity contribution in [2.24, 2.45) is 11.1 Å². The van der Waals surface area contributed by atoms with Gasteiger partial charge in [0.2, 0.25) is 15.9 Å². The van der Waals surface area contributed by atoms with Crippen molar-refractivity contribution in [1.82, 2.24) is 10.6 Å². The molecule has 0 spiro atoms. The highest BCUT2D eigenvalue weighted by Gasteiger charge is 2.16. The molecule has 0 saturated carbocycles.